The van der Waals surface area contributed by atoms with E-state index in [1.165, 1.54) is 33.9 Å². The minimum absolute atomic E-state index is 0.0855. The van der Waals surface area contributed by atoms with Gasteiger partial charge in [-0.05, 0) is 19.4 Å². The number of carbonyl (C=O) groups excluding carboxylic acids is 2. The fourth-order valence-electron chi connectivity index (χ4n) is 3.82. The summed E-state index contributed by atoms with van der Waals surface area (Å²) in [5, 5.41) is 12.8. The highest BCUT2D eigenvalue weighted by atomic mass is 35.5. The van der Waals surface area contributed by atoms with E-state index in [4.69, 9.17) is 16.3 Å². The van der Waals surface area contributed by atoms with E-state index >= 15 is 0 Å². The van der Waals surface area contributed by atoms with Crippen LogP contribution in [0.25, 0.3) is 0 Å². The Labute approximate surface area is 175 Å². The molecule has 1 aromatic heterocycles. The van der Waals surface area contributed by atoms with E-state index in [-0.39, 0.29) is 28.4 Å². The second-order valence-corrected chi connectivity index (χ2v) is 7.63. The van der Waals surface area contributed by atoms with E-state index < -0.39 is 41.1 Å². The molecule has 0 radical (unpaired) electrons. The largest absolute Gasteiger partial charge is 0.503 e. The zero-order valence-corrected chi connectivity index (χ0v) is 16.8. The SMILES string of the molecule is CC1C2OCCCN2C(=O)c2c(O)c(=O)c(C(=O)NCc3cccc(Cl)c3F)cn21. The number of hydrogen-bond donors (Lipinski definition) is 2. The van der Waals surface area contributed by atoms with Gasteiger partial charge in [0.25, 0.3) is 11.8 Å². The van der Waals surface area contributed by atoms with Crippen LogP contribution in [0.15, 0.2) is 29.2 Å². The first-order valence-electron chi connectivity index (χ1n) is 9.43. The molecule has 1 aromatic carbocycles. The van der Waals surface area contributed by atoms with Gasteiger partial charge in [0, 0.05) is 24.8 Å². The van der Waals surface area contributed by atoms with Gasteiger partial charge in [-0.3, -0.25) is 14.4 Å². The Morgan fingerprint density at radius 2 is 2.17 bits per heavy atom. The quantitative estimate of drug-likeness (QED) is 0.768. The fourth-order valence-corrected chi connectivity index (χ4v) is 4.01. The number of nitrogens with one attached hydrogen (secondary N) is 1. The highest BCUT2D eigenvalue weighted by Gasteiger charge is 2.42. The predicted octanol–water partition coefficient (Wildman–Crippen LogP) is 2.04. The molecule has 1 fully saturated rings. The van der Waals surface area contributed by atoms with Crippen molar-refractivity contribution in [3.05, 3.63) is 62.3 Å². The van der Waals surface area contributed by atoms with Gasteiger partial charge in [0.05, 0.1) is 17.7 Å². The fraction of sp³-hybridized carbons (Fsp3) is 0.350. The number of ether oxygens (including phenoxy) is 1. The maximum atomic E-state index is 14.0. The molecule has 1 saturated heterocycles. The molecule has 4 rings (SSSR count). The van der Waals surface area contributed by atoms with Crippen molar-refractivity contribution in [2.24, 2.45) is 0 Å². The van der Waals surface area contributed by atoms with Gasteiger partial charge in [0.1, 0.15) is 11.4 Å². The van der Waals surface area contributed by atoms with Crippen molar-refractivity contribution in [3.8, 4) is 5.75 Å². The molecule has 2 N–H and O–H groups in total. The molecule has 0 bridgehead atoms. The van der Waals surface area contributed by atoms with Crippen molar-refractivity contribution < 1.29 is 23.8 Å². The van der Waals surface area contributed by atoms with Crippen LogP contribution in [0.5, 0.6) is 5.75 Å². The molecule has 158 valence electrons. The lowest BCUT2D eigenvalue weighted by Crippen LogP contribution is -2.55. The lowest BCUT2D eigenvalue weighted by molar-refractivity contribution is -0.108. The summed E-state index contributed by atoms with van der Waals surface area (Å²) in [5.41, 5.74) is -1.36. The minimum Gasteiger partial charge on any atom is -0.503 e. The third-order valence-electron chi connectivity index (χ3n) is 5.38. The molecule has 8 nitrogen and oxygen atoms in total. The van der Waals surface area contributed by atoms with E-state index in [1.54, 1.807) is 6.92 Å². The molecular weight excluding hydrogens is 417 g/mol. The average Bonchev–Trinajstić information content (AvgIpc) is 2.74. The maximum absolute atomic E-state index is 14.0. The van der Waals surface area contributed by atoms with Crippen molar-refractivity contribution in [2.45, 2.75) is 32.2 Å². The summed E-state index contributed by atoms with van der Waals surface area (Å²) in [4.78, 5) is 39.5. The standard InChI is InChI=1S/C20H19ClFN3O5/c1-10-20-24(6-3-7-30-20)19(29)15-17(27)16(26)12(9-25(10)15)18(28)23-8-11-4-2-5-13(21)14(11)22/h2,4-5,9-10,20,27H,3,6-8H2,1H3,(H,23,28). The van der Waals surface area contributed by atoms with Crippen LogP contribution in [0.1, 0.15) is 45.8 Å². The number of aromatic hydroxyl groups is 1. The van der Waals surface area contributed by atoms with Crippen molar-refractivity contribution >= 4 is 23.4 Å². The smallest absolute Gasteiger partial charge is 0.276 e. The number of amides is 2. The highest BCUT2D eigenvalue weighted by Crippen LogP contribution is 2.33. The zero-order valence-electron chi connectivity index (χ0n) is 16.0. The summed E-state index contributed by atoms with van der Waals surface area (Å²) in [7, 11) is 0. The number of fused-ring (bicyclic) bond motifs is 2. The third kappa shape index (κ3) is 3.23. The molecule has 2 aliphatic heterocycles. The van der Waals surface area contributed by atoms with Gasteiger partial charge < -0.3 is 24.6 Å². The molecule has 30 heavy (non-hydrogen) atoms. The lowest BCUT2D eigenvalue weighted by atomic mass is 10.1. The Balaban J connectivity index is 1.67. The van der Waals surface area contributed by atoms with Gasteiger partial charge in [-0.1, -0.05) is 23.7 Å². The Bertz CT molecular complexity index is 1100. The number of pyridine rings is 1. The normalized spacial score (nSPS) is 20.5. The molecule has 2 unspecified atom stereocenters. The van der Waals surface area contributed by atoms with Crippen molar-refractivity contribution in [1.29, 1.82) is 0 Å². The first-order valence-corrected chi connectivity index (χ1v) is 9.80. The van der Waals surface area contributed by atoms with Gasteiger partial charge in [0.2, 0.25) is 5.43 Å². The van der Waals surface area contributed by atoms with E-state index in [0.717, 1.165) is 0 Å². The topological polar surface area (TPSA) is 101 Å². The van der Waals surface area contributed by atoms with Crippen LogP contribution in [-0.2, 0) is 11.3 Å². The molecule has 2 amide bonds. The third-order valence-corrected chi connectivity index (χ3v) is 5.67. The lowest BCUT2D eigenvalue weighted by Gasteiger charge is -2.44. The monoisotopic (exact) mass is 435 g/mol. The number of hydrogen-bond acceptors (Lipinski definition) is 5. The van der Waals surface area contributed by atoms with Crippen LogP contribution in [0.4, 0.5) is 4.39 Å². The molecule has 2 aromatic rings. The van der Waals surface area contributed by atoms with Gasteiger partial charge in [0.15, 0.2) is 17.7 Å². The highest BCUT2D eigenvalue weighted by molar-refractivity contribution is 6.30. The van der Waals surface area contributed by atoms with Gasteiger partial charge in [-0.25, -0.2) is 4.39 Å². The van der Waals surface area contributed by atoms with Gasteiger partial charge in [-0.2, -0.15) is 0 Å². The number of rotatable bonds is 3. The molecule has 0 saturated carbocycles. The summed E-state index contributed by atoms with van der Waals surface area (Å²) >= 11 is 5.74. The molecule has 0 aliphatic carbocycles. The van der Waals surface area contributed by atoms with Crippen LogP contribution in [-0.4, -0.2) is 45.8 Å². The molecule has 2 aliphatic rings. The molecule has 2 atom stereocenters. The number of benzene rings is 1. The Kier molecular flexibility index (Phi) is 5.25. The summed E-state index contributed by atoms with van der Waals surface area (Å²) in [6.07, 6.45) is 1.33. The van der Waals surface area contributed by atoms with Crippen molar-refractivity contribution in [3.63, 3.8) is 0 Å². The van der Waals surface area contributed by atoms with Crippen LogP contribution >= 0.6 is 11.6 Å². The minimum atomic E-state index is -0.970. The summed E-state index contributed by atoms with van der Waals surface area (Å²) in [6, 6.07) is 3.94. The van der Waals surface area contributed by atoms with E-state index in [1.807, 2.05) is 0 Å². The van der Waals surface area contributed by atoms with Crippen LogP contribution in [0.3, 0.4) is 0 Å². The number of nitrogens with zero attached hydrogens (tertiary/aromatic N) is 2. The Morgan fingerprint density at radius 1 is 1.40 bits per heavy atom. The molecule has 0 spiro atoms. The second kappa shape index (κ2) is 7.73. The van der Waals surface area contributed by atoms with E-state index in [2.05, 4.69) is 5.32 Å². The first kappa shape index (κ1) is 20.4. The maximum Gasteiger partial charge on any atom is 0.276 e. The second-order valence-electron chi connectivity index (χ2n) is 7.23. The van der Waals surface area contributed by atoms with Crippen molar-refractivity contribution in [2.75, 3.05) is 13.2 Å². The van der Waals surface area contributed by atoms with E-state index in [0.29, 0.717) is 19.6 Å². The van der Waals surface area contributed by atoms with Gasteiger partial charge in [-0.15, -0.1) is 0 Å². The summed E-state index contributed by atoms with van der Waals surface area (Å²) in [5.74, 6) is -2.80. The summed E-state index contributed by atoms with van der Waals surface area (Å²) in [6.45, 7) is 2.50. The van der Waals surface area contributed by atoms with Crippen LogP contribution in [0.2, 0.25) is 5.02 Å². The van der Waals surface area contributed by atoms with Crippen LogP contribution < -0.4 is 10.7 Å². The Morgan fingerprint density at radius 3 is 2.93 bits per heavy atom. The number of carbonyl (C=O) groups is 2. The first-order chi connectivity index (χ1) is 14.3. The average molecular weight is 436 g/mol. The summed E-state index contributed by atoms with van der Waals surface area (Å²) < 4.78 is 21.1. The Hall–Kier alpha value is -2.91. The molecule has 3 heterocycles. The zero-order chi connectivity index (χ0) is 21.6. The number of aromatic nitrogens is 1. The van der Waals surface area contributed by atoms with Crippen molar-refractivity contribution in [1.82, 2.24) is 14.8 Å². The van der Waals surface area contributed by atoms with Crippen LogP contribution in [0, 0.1) is 5.82 Å². The van der Waals surface area contributed by atoms with Gasteiger partial charge >= 0.3 is 0 Å². The molecular formula is C20H19ClFN3O5. The number of halogens is 2. The van der Waals surface area contributed by atoms with E-state index in [9.17, 15) is 23.9 Å². The predicted molar refractivity (Wildman–Crippen MR) is 105 cm³/mol. The molecule has 10 heteroatoms.